The highest BCUT2D eigenvalue weighted by atomic mass is 16.1. The third-order valence-electron chi connectivity index (χ3n) is 3.37. The molecule has 0 aromatic rings. The van der Waals surface area contributed by atoms with Crippen molar-refractivity contribution in [3.63, 3.8) is 0 Å². The number of rotatable bonds is 3. The third kappa shape index (κ3) is 2.55. The zero-order valence-electron chi connectivity index (χ0n) is 8.80. The lowest BCUT2D eigenvalue weighted by Gasteiger charge is -2.23. The first-order chi connectivity index (χ1) is 6.86. The minimum absolute atomic E-state index is 0.344. The van der Waals surface area contributed by atoms with Gasteiger partial charge in [0.1, 0.15) is 5.78 Å². The van der Waals surface area contributed by atoms with Gasteiger partial charge in [-0.15, -0.1) is 0 Å². The summed E-state index contributed by atoms with van der Waals surface area (Å²) in [5.74, 6) is 0.824. The van der Waals surface area contributed by atoms with Gasteiger partial charge < -0.3 is 5.32 Å². The number of likely N-dealkylation sites (tertiary alicyclic amines) is 1. The number of nitrogens with zero attached hydrogens (tertiary/aromatic N) is 1. The molecule has 80 valence electrons. The maximum absolute atomic E-state index is 11.9. The maximum Gasteiger partial charge on any atom is 0.149 e. The zero-order chi connectivity index (χ0) is 9.80. The quantitative estimate of drug-likeness (QED) is 0.719. The van der Waals surface area contributed by atoms with Crippen LogP contribution in [-0.4, -0.2) is 43.4 Å². The van der Waals surface area contributed by atoms with Crippen LogP contribution in [0.4, 0.5) is 0 Å². The molecular weight excluding hydrogens is 176 g/mol. The number of Topliss-reactive ketones (excluding diaryl/α,β-unsaturated/α-hetero) is 1. The Morgan fingerprint density at radius 2 is 1.86 bits per heavy atom. The Morgan fingerprint density at radius 3 is 2.50 bits per heavy atom. The van der Waals surface area contributed by atoms with Gasteiger partial charge in [-0.25, -0.2) is 0 Å². The van der Waals surface area contributed by atoms with Gasteiger partial charge in [0, 0.05) is 5.92 Å². The van der Waals surface area contributed by atoms with Crippen LogP contribution >= 0.6 is 0 Å². The number of hydrogen-bond donors (Lipinski definition) is 1. The van der Waals surface area contributed by atoms with Crippen LogP contribution in [0.15, 0.2) is 0 Å². The molecule has 2 aliphatic rings. The van der Waals surface area contributed by atoms with Crippen molar-refractivity contribution in [1.82, 2.24) is 10.2 Å². The Morgan fingerprint density at radius 1 is 1.21 bits per heavy atom. The minimum atomic E-state index is 0.344. The third-order valence-corrected chi connectivity index (χ3v) is 3.37. The summed E-state index contributed by atoms with van der Waals surface area (Å²) >= 11 is 0. The van der Waals surface area contributed by atoms with Gasteiger partial charge in [-0.2, -0.15) is 0 Å². The van der Waals surface area contributed by atoms with E-state index in [2.05, 4.69) is 10.2 Å². The van der Waals surface area contributed by atoms with E-state index in [1.807, 2.05) is 0 Å². The van der Waals surface area contributed by atoms with Crippen molar-refractivity contribution in [3.05, 3.63) is 0 Å². The van der Waals surface area contributed by atoms with Gasteiger partial charge in [0.25, 0.3) is 0 Å². The van der Waals surface area contributed by atoms with Crippen molar-refractivity contribution >= 4 is 5.78 Å². The summed E-state index contributed by atoms with van der Waals surface area (Å²) < 4.78 is 0. The Bertz CT molecular complexity index is 193. The molecule has 2 fully saturated rings. The van der Waals surface area contributed by atoms with E-state index in [0.29, 0.717) is 18.2 Å². The monoisotopic (exact) mass is 196 g/mol. The highest BCUT2D eigenvalue weighted by molar-refractivity contribution is 5.83. The molecule has 0 saturated carbocycles. The second-order valence-corrected chi connectivity index (χ2v) is 4.47. The molecule has 0 atom stereocenters. The number of hydrogen-bond acceptors (Lipinski definition) is 3. The van der Waals surface area contributed by atoms with Crippen LogP contribution in [-0.2, 0) is 4.79 Å². The van der Waals surface area contributed by atoms with E-state index in [4.69, 9.17) is 0 Å². The number of nitrogens with one attached hydrogen (secondary N) is 1. The second-order valence-electron chi connectivity index (χ2n) is 4.47. The Labute approximate surface area is 85.8 Å². The number of carbonyl (C=O) groups excluding carboxylic acids is 1. The first-order valence-electron chi connectivity index (χ1n) is 5.82. The molecule has 1 N–H and O–H groups in total. The molecule has 0 aromatic heterocycles. The summed E-state index contributed by atoms with van der Waals surface area (Å²) in [6, 6.07) is 0. The van der Waals surface area contributed by atoms with Gasteiger partial charge >= 0.3 is 0 Å². The molecule has 3 heteroatoms. The molecule has 0 aromatic carbocycles. The van der Waals surface area contributed by atoms with Crippen molar-refractivity contribution in [1.29, 1.82) is 0 Å². The molecule has 0 bridgehead atoms. The van der Waals surface area contributed by atoms with Gasteiger partial charge in [0.15, 0.2) is 0 Å². The molecule has 3 nitrogen and oxygen atoms in total. The van der Waals surface area contributed by atoms with E-state index in [9.17, 15) is 4.79 Å². The zero-order valence-corrected chi connectivity index (χ0v) is 8.80. The van der Waals surface area contributed by atoms with Crippen molar-refractivity contribution in [2.75, 3.05) is 32.7 Å². The largest absolute Gasteiger partial charge is 0.317 e. The topological polar surface area (TPSA) is 32.3 Å². The molecule has 2 heterocycles. The molecule has 0 unspecified atom stereocenters. The molecule has 2 rings (SSSR count). The molecule has 0 radical (unpaired) electrons. The van der Waals surface area contributed by atoms with Gasteiger partial charge in [-0.05, 0) is 51.9 Å². The predicted molar refractivity (Wildman–Crippen MR) is 56.3 cm³/mol. The van der Waals surface area contributed by atoms with E-state index in [0.717, 1.165) is 39.0 Å². The number of piperidine rings is 1. The summed E-state index contributed by atoms with van der Waals surface area (Å²) in [5, 5.41) is 3.30. The SMILES string of the molecule is O=C(CN1CCCC1)C1CCNCC1. The predicted octanol–water partition coefficient (Wildman–Crippen LogP) is 0.651. The summed E-state index contributed by atoms with van der Waals surface area (Å²) in [4.78, 5) is 14.2. The lowest BCUT2D eigenvalue weighted by Crippen LogP contribution is -2.37. The fraction of sp³-hybridized carbons (Fsp3) is 0.909. The van der Waals surface area contributed by atoms with Crippen LogP contribution in [0.25, 0.3) is 0 Å². The molecule has 0 aliphatic carbocycles. The van der Waals surface area contributed by atoms with Crippen LogP contribution in [0.5, 0.6) is 0 Å². The fourth-order valence-electron chi connectivity index (χ4n) is 2.43. The van der Waals surface area contributed by atoms with Crippen LogP contribution < -0.4 is 5.32 Å². The normalized spacial score (nSPS) is 25.4. The first-order valence-corrected chi connectivity index (χ1v) is 5.82. The highest BCUT2D eigenvalue weighted by Gasteiger charge is 2.23. The summed E-state index contributed by atoms with van der Waals surface area (Å²) in [5.41, 5.74) is 0. The molecular formula is C11H20N2O. The first kappa shape index (κ1) is 10.1. The summed E-state index contributed by atoms with van der Waals surface area (Å²) in [6.07, 6.45) is 4.65. The van der Waals surface area contributed by atoms with Gasteiger partial charge in [-0.3, -0.25) is 9.69 Å². The Balaban J connectivity index is 1.75. The average Bonchev–Trinajstić information content (AvgIpc) is 2.72. The fourth-order valence-corrected chi connectivity index (χ4v) is 2.43. The Kier molecular flexibility index (Phi) is 3.54. The number of ketones is 1. The lowest BCUT2D eigenvalue weighted by molar-refractivity contribution is -0.124. The van der Waals surface area contributed by atoms with Crippen molar-refractivity contribution in [2.24, 2.45) is 5.92 Å². The van der Waals surface area contributed by atoms with Crippen LogP contribution in [0.3, 0.4) is 0 Å². The van der Waals surface area contributed by atoms with Gasteiger partial charge in [0.05, 0.1) is 6.54 Å². The van der Waals surface area contributed by atoms with Crippen molar-refractivity contribution in [2.45, 2.75) is 25.7 Å². The molecule has 2 aliphatic heterocycles. The Hall–Kier alpha value is -0.410. The van der Waals surface area contributed by atoms with E-state index in [1.165, 1.54) is 12.8 Å². The maximum atomic E-state index is 11.9. The van der Waals surface area contributed by atoms with E-state index in [1.54, 1.807) is 0 Å². The van der Waals surface area contributed by atoms with Gasteiger partial charge in [-0.1, -0.05) is 0 Å². The summed E-state index contributed by atoms with van der Waals surface area (Å²) in [7, 11) is 0. The van der Waals surface area contributed by atoms with E-state index in [-0.39, 0.29) is 0 Å². The lowest BCUT2D eigenvalue weighted by atomic mass is 9.93. The summed E-state index contributed by atoms with van der Waals surface area (Å²) in [6.45, 7) is 5.03. The van der Waals surface area contributed by atoms with Crippen molar-refractivity contribution < 1.29 is 4.79 Å². The average molecular weight is 196 g/mol. The van der Waals surface area contributed by atoms with E-state index < -0.39 is 0 Å². The van der Waals surface area contributed by atoms with Crippen LogP contribution in [0, 0.1) is 5.92 Å². The number of carbonyl (C=O) groups is 1. The van der Waals surface area contributed by atoms with Crippen molar-refractivity contribution in [3.8, 4) is 0 Å². The van der Waals surface area contributed by atoms with E-state index >= 15 is 0 Å². The smallest absolute Gasteiger partial charge is 0.149 e. The van der Waals surface area contributed by atoms with Gasteiger partial charge in [0.2, 0.25) is 0 Å². The molecule has 0 spiro atoms. The minimum Gasteiger partial charge on any atom is -0.317 e. The van der Waals surface area contributed by atoms with Crippen LogP contribution in [0.2, 0.25) is 0 Å². The highest BCUT2D eigenvalue weighted by Crippen LogP contribution is 2.15. The standard InChI is InChI=1S/C11H20N2O/c14-11(9-13-7-1-2-8-13)10-3-5-12-6-4-10/h10,12H,1-9H2. The molecule has 0 amide bonds. The van der Waals surface area contributed by atoms with Crippen LogP contribution in [0.1, 0.15) is 25.7 Å². The molecule has 14 heavy (non-hydrogen) atoms. The molecule has 2 saturated heterocycles. The second kappa shape index (κ2) is 4.89.